The van der Waals surface area contributed by atoms with Gasteiger partial charge in [0, 0.05) is 48.3 Å². The van der Waals surface area contributed by atoms with Gasteiger partial charge < -0.3 is 9.47 Å². The topological polar surface area (TPSA) is 62.6 Å². The number of carbonyl (C=O) groups is 1. The second-order valence-electron chi connectivity index (χ2n) is 10.6. The van der Waals surface area contributed by atoms with E-state index < -0.39 is 10.0 Å². The molecule has 3 aliphatic rings. The maximum Gasteiger partial charge on any atom is 0.243 e. The molecule has 0 unspecified atom stereocenters. The first kappa shape index (κ1) is 24.4. The summed E-state index contributed by atoms with van der Waals surface area (Å²) in [6.45, 7) is 4.95. The van der Waals surface area contributed by atoms with Crippen molar-refractivity contribution in [3.8, 4) is 0 Å². The SMILES string of the molecule is Cc1c(C2=CCN(S(=O)(=O)c3ccc4c(c3)CCCC4)CC2)c2ccccc2n1CC(=O)N1CCCC1. The number of likely N-dealkylation sites (tertiary alicyclic amines) is 1. The van der Waals surface area contributed by atoms with Crippen molar-refractivity contribution in [2.24, 2.45) is 0 Å². The highest BCUT2D eigenvalue weighted by atomic mass is 32.2. The van der Waals surface area contributed by atoms with Crippen LogP contribution in [0.25, 0.3) is 16.5 Å². The smallest absolute Gasteiger partial charge is 0.243 e. The van der Waals surface area contributed by atoms with Crippen LogP contribution in [0.4, 0.5) is 0 Å². The fourth-order valence-electron chi connectivity index (χ4n) is 6.36. The summed E-state index contributed by atoms with van der Waals surface area (Å²) in [6, 6.07) is 13.9. The van der Waals surface area contributed by atoms with E-state index in [0.717, 1.165) is 72.9 Å². The summed E-state index contributed by atoms with van der Waals surface area (Å²) in [4.78, 5) is 15.4. The van der Waals surface area contributed by atoms with Gasteiger partial charge in [0.15, 0.2) is 0 Å². The monoisotopic (exact) mass is 517 g/mol. The quantitative estimate of drug-likeness (QED) is 0.482. The normalized spacial score (nSPS) is 18.7. The fourth-order valence-corrected chi connectivity index (χ4v) is 7.79. The van der Waals surface area contributed by atoms with E-state index in [4.69, 9.17) is 0 Å². The number of aromatic nitrogens is 1. The maximum absolute atomic E-state index is 13.5. The third kappa shape index (κ3) is 4.42. The molecule has 2 aliphatic heterocycles. The summed E-state index contributed by atoms with van der Waals surface area (Å²) in [7, 11) is -3.54. The predicted molar refractivity (Wildman–Crippen MR) is 147 cm³/mol. The summed E-state index contributed by atoms with van der Waals surface area (Å²) in [5, 5.41) is 1.13. The second kappa shape index (κ2) is 9.76. The number of fused-ring (bicyclic) bond motifs is 2. The van der Waals surface area contributed by atoms with Gasteiger partial charge in [-0.1, -0.05) is 30.3 Å². The largest absolute Gasteiger partial charge is 0.341 e. The van der Waals surface area contributed by atoms with Crippen LogP contribution in [0.15, 0.2) is 53.4 Å². The van der Waals surface area contributed by atoms with Crippen LogP contribution < -0.4 is 0 Å². The van der Waals surface area contributed by atoms with Crippen LogP contribution in [-0.2, 0) is 34.2 Å². The summed E-state index contributed by atoms with van der Waals surface area (Å²) < 4.78 is 30.7. The zero-order valence-corrected chi connectivity index (χ0v) is 22.4. The summed E-state index contributed by atoms with van der Waals surface area (Å²) in [5.41, 5.74) is 6.93. The van der Waals surface area contributed by atoms with Crippen LogP contribution in [0.5, 0.6) is 0 Å². The highest BCUT2D eigenvalue weighted by molar-refractivity contribution is 7.89. The summed E-state index contributed by atoms with van der Waals surface area (Å²) in [5.74, 6) is 0.174. The van der Waals surface area contributed by atoms with Crippen molar-refractivity contribution in [2.45, 2.75) is 63.3 Å². The Kier molecular flexibility index (Phi) is 6.45. The van der Waals surface area contributed by atoms with Crippen LogP contribution >= 0.6 is 0 Å². The molecule has 0 radical (unpaired) electrons. The summed E-state index contributed by atoms with van der Waals surface area (Å²) in [6.07, 6.45) is 9.21. The molecule has 1 fully saturated rings. The molecule has 6 rings (SSSR count). The minimum absolute atomic E-state index is 0.174. The van der Waals surface area contributed by atoms with Gasteiger partial charge in [-0.25, -0.2) is 8.42 Å². The number of hydrogen-bond donors (Lipinski definition) is 0. The number of rotatable bonds is 5. The lowest BCUT2D eigenvalue weighted by Gasteiger charge is -2.27. The highest BCUT2D eigenvalue weighted by Gasteiger charge is 2.29. The average molecular weight is 518 g/mol. The number of benzene rings is 2. The van der Waals surface area contributed by atoms with Gasteiger partial charge in [-0.05, 0) is 86.8 Å². The number of carbonyl (C=O) groups excluding carboxylic acids is 1. The van der Waals surface area contributed by atoms with Crippen molar-refractivity contribution in [1.82, 2.24) is 13.8 Å². The Morgan fingerprint density at radius 1 is 0.892 bits per heavy atom. The molecule has 0 spiro atoms. The second-order valence-corrected chi connectivity index (χ2v) is 12.6. The standard InChI is InChI=1S/C30H35N3O3S/c1-22-30(27-10-4-5-11-28(27)33(22)21-29(34)31-16-6-7-17-31)24-14-18-32(19-15-24)37(35,36)26-13-12-23-8-2-3-9-25(23)20-26/h4-5,10-14,20H,2-3,6-9,15-19,21H2,1H3. The van der Waals surface area contributed by atoms with E-state index in [1.165, 1.54) is 17.5 Å². The fraction of sp³-hybridized carbons (Fsp3) is 0.433. The van der Waals surface area contributed by atoms with E-state index in [1.54, 1.807) is 10.4 Å². The van der Waals surface area contributed by atoms with Gasteiger partial charge in [-0.3, -0.25) is 4.79 Å². The number of nitrogens with zero attached hydrogens (tertiary/aromatic N) is 3. The Balaban J connectivity index is 1.28. The molecule has 194 valence electrons. The number of amides is 1. The van der Waals surface area contributed by atoms with E-state index in [1.807, 2.05) is 29.2 Å². The molecule has 1 aliphatic carbocycles. The van der Waals surface area contributed by atoms with Crippen molar-refractivity contribution in [2.75, 3.05) is 26.2 Å². The van der Waals surface area contributed by atoms with Gasteiger partial charge in [-0.2, -0.15) is 4.31 Å². The molecule has 1 aromatic heterocycles. The zero-order valence-electron chi connectivity index (χ0n) is 21.6. The van der Waals surface area contributed by atoms with Crippen molar-refractivity contribution in [3.63, 3.8) is 0 Å². The van der Waals surface area contributed by atoms with E-state index in [-0.39, 0.29) is 5.91 Å². The van der Waals surface area contributed by atoms with Crippen molar-refractivity contribution in [3.05, 3.63) is 70.9 Å². The van der Waals surface area contributed by atoms with E-state index in [0.29, 0.717) is 31.0 Å². The molecule has 0 N–H and O–H groups in total. The molecule has 3 aromatic rings. The molecule has 0 saturated carbocycles. The first-order valence-electron chi connectivity index (χ1n) is 13.6. The molecule has 0 atom stereocenters. The van der Waals surface area contributed by atoms with Crippen LogP contribution in [-0.4, -0.2) is 54.3 Å². The van der Waals surface area contributed by atoms with Gasteiger partial charge in [0.2, 0.25) is 15.9 Å². The molecule has 2 aromatic carbocycles. The van der Waals surface area contributed by atoms with Crippen LogP contribution in [0, 0.1) is 6.92 Å². The lowest BCUT2D eigenvalue weighted by Crippen LogP contribution is -2.35. The summed E-state index contributed by atoms with van der Waals surface area (Å²) >= 11 is 0. The van der Waals surface area contributed by atoms with E-state index >= 15 is 0 Å². The van der Waals surface area contributed by atoms with Gasteiger partial charge in [0.1, 0.15) is 6.54 Å². The van der Waals surface area contributed by atoms with E-state index in [2.05, 4.69) is 29.7 Å². The molecular formula is C30H35N3O3S. The molecule has 1 amide bonds. The Morgan fingerprint density at radius 2 is 1.65 bits per heavy atom. The molecule has 7 heteroatoms. The molecule has 0 bridgehead atoms. The van der Waals surface area contributed by atoms with Crippen LogP contribution in [0.3, 0.4) is 0 Å². The Hall–Kier alpha value is -2.90. The van der Waals surface area contributed by atoms with Gasteiger partial charge in [0.05, 0.1) is 4.90 Å². The Bertz CT molecular complexity index is 1500. The molecular weight excluding hydrogens is 482 g/mol. The van der Waals surface area contributed by atoms with Crippen molar-refractivity contribution in [1.29, 1.82) is 0 Å². The third-order valence-electron chi connectivity index (χ3n) is 8.43. The lowest BCUT2D eigenvalue weighted by atomic mass is 9.92. The van der Waals surface area contributed by atoms with Crippen molar-refractivity contribution < 1.29 is 13.2 Å². The van der Waals surface area contributed by atoms with E-state index in [9.17, 15) is 13.2 Å². The number of para-hydroxylation sites is 1. The first-order valence-corrected chi connectivity index (χ1v) is 15.0. The number of aryl methyl sites for hydroxylation is 2. The minimum atomic E-state index is -3.54. The van der Waals surface area contributed by atoms with Crippen molar-refractivity contribution >= 4 is 32.4 Å². The predicted octanol–water partition coefficient (Wildman–Crippen LogP) is 4.93. The molecule has 6 nitrogen and oxygen atoms in total. The Morgan fingerprint density at radius 3 is 2.41 bits per heavy atom. The average Bonchev–Trinajstić information content (AvgIpc) is 3.56. The van der Waals surface area contributed by atoms with Gasteiger partial charge in [0.25, 0.3) is 0 Å². The number of sulfonamides is 1. The first-order chi connectivity index (χ1) is 17.9. The maximum atomic E-state index is 13.5. The van der Waals surface area contributed by atoms with Crippen LogP contribution in [0.2, 0.25) is 0 Å². The van der Waals surface area contributed by atoms with Gasteiger partial charge >= 0.3 is 0 Å². The number of hydrogen-bond acceptors (Lipinski definition) is 3. The highest BCUT2D eigenvalue weighted by Crippen LogP contribution is 2.36. The zero-order chi connectivity index (χ0) is 25.6. The van der Waals surface area contributed by atoms with Gasteiger partial charge in [-0.15, -0.1) is 0 Å². The lowest BCUT2D eigenvalue weighted by molar-refractivity contribution is -0.130. The third-order valence-corrected chi connectivity index (χ3v) is 10.3. The minimum Gasteiger partial charge on any atom is -0.341 e. The molecule has 3 heterocycles. The molecule has 1 saturated heterocycles. The molecule has 37 heavy (non-hydrogen) atoms. The van der Waals surface area contributed by atoms with Crippen LogP contribution in [0.1, 0.15) is 54.5 Å². The Labute approximate surface area is 219 Å².